The fourth-order valence-corrected chi connectivity index (χ4v) is 3.16. The second kappa shape index (κ2) is 7.61. The third kappa shape index (κ3) is 3.84. The number of fused-ring (bicyclic) bond motifs is 1. The van der Waals surface area contributed by atoms with E-state index in [1.807, 2.05) is 18.2 Å². The van der Waals surface area contributed by atoms with Crippen molar-refractivity contribution in [2.45, 2.75) is 0 Å². The third-order valence-electron chi connectivity index (χ3n) is 4.64. The Morgan fingerprint density at radius 2 is 1.70 bits per heavy atom. The quantitative estimate of drug-likeness (QED) is 0.876. The molecule has 0 unspecified atom stereocenters. The Bertz CT molecular complexity index is 813. The molecule has 0 radical (unpaired) electrons. The summed E-state index contributed by atoms with van der Waals surface area (Å²) in [6.07, 6.45) is 1.48. The van der Waals surface area contributed by atoms with Gasteiger partial charge in [0.25, 0.3) is 5.91 Å². The monoisotopic (exact) mass is 371 g/mol. The van der Waals surface area contributed by atoms with Crippen molar-refractivity contribution >= 4 is 17.5 Å². The van der Waals surface area contributed by atoms with Crippen LogP contribution in [0.25, 0.3) is 0 Å². The minimum atomic E-state index is -0.137. The minimum absolute atomic E-state index is 0.00464. The number of rotatable bonds is 4. The van der Waals surface area contributed by atoms with Crippen LogP contribution in [0.15, 0.2) is 41.0 Å². The average molecular weight is 371 g/mol. The molecule has 142 valence electrons. The summed E-state index contributed by atoms with van der Waals surface area (Å²) in [5.41, 5.74) is 0.805. The number of nitrogens with zero attached hydrogens (tertiary/aromatic N) is 2. The first-order chi connectivity index (χ1) is 13.2. The number of benzene rings is 1. The van der Waals surface area contributed by atoms with E-state index in [-0.39, 0.29) is 18.4 Å². The van der Waals surface area contributed by atoms with Gasteiger partial charge in [0.05, 0.1) is 12.8 Å². The van der Waals surface area contributed by atoms with Crippen LogP contribution in [-0.4, -0.2) is 67.6 Å². The van der Waals surface area contributed by atoms with Gasteiger partial charge in [-0.1, -0.05) is 0 Å². The van der Waals surface area contributed by atoms with Crippen molar-refractivity contribution < 1.29 is 23.5 Å². The molecule has 1 aromatic heterocycles. The lowest BCUT2D eigenvalue weighted by molar-refractivity contribution is -0.130. The van der Waals surface area contributed by atoms with Crippen molar-refractivity contribution in [3.05, 3.63) is 42.4 Å². The molecule has 1 aromatic carbocycles. The lowest BCUT2D eigenvalue weighted by Crippen LogP contribution is -2.51. The molecule has 1 fully saturated rings. The van der Waals surface area contributed by atoms with Crippen LogP contribution in [0, 0.1) is 0 Å². The van der Waals surface area contributed by atoms with Crippen molar-refractivity contribution in [2.75, 3.05) is 51.3 Å². The van der Waals surface area contributed by atoms with Gasteiger partial charge < -0.3 is 29.0 Å². The molecule has 0 spiro atoms. The van der Waals surface area contributed by atoms with Crippen molar-refractivity contribution in [1.29, 1.82) is 0 Å². The number of carbonyl (C=O) groups excluding carboxylic acids is 2. The summed E-state index contributed by atoms with van der Waals surface area (Å²) in [7, 11) is 0. The van der Waals surface area contributed by atoms with Crippen LogP contribution in [0.2, 0.25) is 0 Å². The molecule has 2 amide bonds. The van der Waals surface area contributed by atoms with E-state index in [0.717, 1.165) is 11.4 Å². The minimum Gasteiger partial charge on any atom is -0.486 e. The highest BCUT2D eigenvalue weighted by molar-refractivity contribution is 5.91. The molecule has 4 rings (SSSR count). The van der Waals surface area contributed by atoms with Crippen LogP contribution in [0.5, 0.6) is 11.5 Å². The number of nitrogens with one attached hydrogen (secondary N) is 1. The van der Waals surface area contributed by atoms with E-state index in [1.54, 1.807) is 21.9 Å². The Balaban J connectivity index is 1.27. The van der Waals surface area contributed by atoms with E-state index < -0.39 is 0 Å². The number of carbonyl (C=O) groups is 2. The molecule has 0 aliphatic carbocycles. The molecule has 27 heavy (non-hydrogen) atoms. The predicted molar refractivity (Wildman–Crippen MR) is 97.1 cm³/mol. The van der Waals surface area contributed by atoms with E-state index in [2.05, 4.69) is 5.32 Å². The Kier molecular flexibility index (Phi) is 4.86. The molecule has 0 bridgehead atoms. The molecule has 0 atom stereocenters. The van der Waals surface area contributed by atoms with Gasteiger partial charge in [0.15, 0.2) is 17.3 Å². The zero-order valence-electron chi connectivity index (χ0n) is 14.8. The van der Waals surface area contributed by atoms with E-state index in [9.17, 15) is 9.59 Å². The summed E-state index contributed by atoms with van der Waals surface area (Å²) in [5, 5.41) is 3.13. The maximum atomic E-state index is 12.5. The predicted octanol–water partition coefficient (Wildman–Crippen LogP) is 1.45. The van der Waals surface area contributed by atoms with Gasteiger partial charge >= 0.3 is 0 Å². The van der Waals surface area contributed by atoms with Crippen LogP contribution in [0.1, 0.15) is 10.6 Å². The van der Waals surface area contributed by atoms with E-state index in [4.69, 9.17) is 13.9 Å². The number of piperazine rings is 1. The summed E-state index contributed by atoms with van der Waals surface area (Å²) in [4.78, 5) is 28.2. The Morgan fingerprint density at radius 1 is 0.963 bits per heavy atom. The van der Waals surface area contributed by atoms with Gasteiger partial charge in [-0.15, -0.1) is 0 Å². The molecule has 8 heteroatoms. The largest absolute Gasteiger partial charge is 0.486 e. The molecule has 2 aliphatic rings. The van der Waals surface area contributed by atoms with Gasteiger partial charge in [0.2, 0.25) is 5.91 Å². The topological polar surface area (TPSA) is 84.3 Å². The highest BCUT2D eigenvalue weighted by Gasteiger charge is 2.25. The zero-order chi connectivity index (χ0) is 18.6. The number of hydrogen-bond donors (Lipinski definition) is 1. The lowest BCUT2D eigenvalue weighted by Gasteiger charge is -2.34. The second-order valence-electron chi connectivity index (χ2n) is 6.36. The average Bonchev–Trinajstić information content (AvgIpc) is 3.26. The van der Waals surface area contributed by atoms with Crippen LogP contribution in [0.3, 0.4) is 0 Å². The number of ether oxygens (including phenoxy) is 2. The first kappa shape index (κ1) is 17.3. The molecule has 2 aromatic rings. The molecule has 1 saturated heterocycles. The van der Waals surface area contributed by atoms with Crippen molar-refractivity contribution in [2.24, 2.45) is 0 Å². The van der Waals surface area contributed by atoms with Gasteiger partial charge in [-0.2, -0.15) is 0 Å². The summed E-state index contributed by atoms with van der Waals surface area (Å²) < 4.78 is 16.2. The zero-order valence-corrected chi connectivity index (χ0v) is 14.8. The van der Waals surface area contributed by atoms with Crippen molar-refractivity contribution in [1.82, 2.24) is 9.80 Å². The van der Waals surface area contributed by atoms with Crippen LogP contribution < -0.4 is 14.8 Å². The molecule has 0 saturated carbocycles. The van der Waals surface area contributed by atoms with E-state index >= 15 is 0 Å². The first-order valence-corrected chi connectivity index (χ1v) is 8.95. The standard InChI is InChI=1S/C19H21N3O5/c23-18(13-20-14-3-4-15-17(12-14)27-11-10-26-15)21-5-7-22(8-6-21)19(24)16-2-1-9-25-16/h1-4,9,12,20H,5-8,10-11,13H2. The number of anilines is 1. The van der Waals surface area contributed by atoms with E-state index in [0.29, 0.717) is 50.9 Å². The molecule has 3 heterocycles. The fraction of sp³-hybridized carbons (Fsp3) is 0.368. The highest BCUT2D eigenvalue weighted by Crippen LogP contribution is 2.32. The summed E-state index contributed by atoms with van der Waals surface area (Å²) >= 11 is 0. The Morgan fingerprint density at radius 3 is 2.44 bits per heavy atom. The second-order valence-corrected chi connectivity index (χ2v) is 6.36. The Labute approximate surface area is 156 Å². The van der Waals surface area contributed by atoms with Crippen molar-refractivity contribution in [3.63, 3.8) is 0 Å². The smallest absolute Gasteiger partial charge is 0.289 e. The SMILES string of the molecule is O=C(CNc1ccc2c(c1)OCCO2)N1CCN(C(=O)c2ccco2)CC1. The number of furan rings is 1. The van der Waals surface area contributed by atoms with Gasteiger partial charge in [0, 0.05) is 37.9 Å². The molecular weight excluding hydrogens is 350 g/mol. The van der Waals surface area contributed by atoms with Crippen molar-refractivity contribution in [3.8, 4) is 11.5 Å². The Hall–Kier alpha value is -3.16. The molecule has 1 N–H and O–H groups in total. The summed E-state index contributed by atoms with van der Waals surface area (Å²) in [6.45, 7) is 3.27. The number of hydrogen-bond acceptors (Lipinski definition) is 6. The molecule has 8 nitrogen and oxygen atoms in total. The highest BCUT2D eigenvalue weighted by atomic mass is 16.6. The summed E-state index contributed by atoms with van der Waals surface area (Å²) in [5.74, 6) is 1.59. The van der Waals surface area contributed by atoms with Gasteiger partial charge in [-0.3, -0.25) is 9.59 Å². The molecule has 2 aliphatic heterocycles. The van der Waals surface area contributed by atoms with E-state index in [1.165, 1.54) is 6.26 Å². The van der Waals surface area contributed by atoms with Gasteiger partial charge in [-0.25, -0.2) is 0 Å². The van der Waals surface area contributed by atoms with Crippen LogP contribution in [-0.2, 0) is 4.79 Å². The maximum absolute atomic E-state index is 12.5. The number of amides is 2. The maximum Gasteiger partial charge on any atom is 0.289 e. The lowest BCUT2D eigenvalue weighted by atomic mass is 10.2. The van der Waals surface area contributed by atoms with Gasteiger partial charge in [0.1, 0.15) is 13.2 Å². The molecular formula is C19H21N3O5. The summed E-state index contributed by atoms with van der Waals surface area (Å²) in [6, 6.07) is 8.87. The van der Waals surface area contributed by atoms with Gasteiger partial charge in [-0.05, 0) is 24.3 Å². The third-order valence-corrected chi connectivity index (χ3v) is 4.64. The van der Waals surface area contributed by atoms with Crippen LogP contribution in [0.4, 0.5) is 5.69 Å². The normalized spacial score (nSPS) is 16.1. The fourth-order valence-electron chi connectivity index (χ4n) is 3.16. The van der Waals surface area contributed by atoms with Crippen LogP contribution >= 0.6 is 0 Å². The first-order valence-electron chi connectivity index (χ1n) is 8.95.